The molecule has 2 amide bonds. The van der Waals surface area contributed by atoms with Crippen molar-refractivity contribution in [3.05, 3.63) is 94.3 Å². The van der Waals surface area contributed by atoms with Crippen LogP contribution in [0.1, 0.15) is 54.0 Å². The number of aromatic nitrogens is 1. The fourth-order valence-corrected chi connectivity index (χ4v) is 4.90. The molecule has 1 aliphatic heterocycles. The minimum atomic E-state index is -0.280. The number of ether oxygens (including phenoxy) is 1. The molecule has 0 spiro atoms. The number of methoxy groups -OCH3 is 1. The zero-order valence-electron chi connectivity index (χ0n) is 21.4. The Morgan fingerprint density at radius 2 is 1.75 bits per heavy atom. The molecular formula is C29H34ClN3O3. The first-order valence-corrected chi connectivity index (χ1v) is 12.7. The second kappa shape index (κ2) is 10.9. The van der Waals surface area contributed by atoms with Gasteiger partial charge in [-0.2, -0.15) is 0 Å². The number of halogens is 1. The van der Waals surface area contributed by atoms with E-state index in [1.807, 2.05) is 11.0 Å². The zero-order chi connectivity index (χ0) is 25.9. The molecular weight excluding hydrogens is 474 g/mol. The van der Waals surface area contributed by atoms with Gasteiger partial charge in [0.15, 0.2) is 0 Å². The maximum atomic E-state index is 13.8. The summed E-state index contributed by atoms with van der Waals surface area (Å²) in [5.41, 5.74) is 3.79. The summed E-state index contributed by atoms with van der Waals surface area (Å²) in [6.45, 7) is 8.40. The molecule has 0 radical (unpaired) electrons. The molecule has 0 fully saturated rings. The van der Waals surface area contributed by atoms with Gasteiger partial charge in [0.25, 0.3) is 5.91 Å². The van der Waals surface area contributed by atoms with Crippen molar-refractivity contribution in [3.63, 3.8) is 0 Å². The normalized spacial score (nSPS) is 15.5. The molecule has 0 unspecified atom stereocenters. The van der Waals surface area contributed by atoms with Crippen molar-refractivity contribution in [2.24, 2.45) is 0 Å². The number of hydrogen-bond acceptors (Lipinski definition) is 3. The molecule has 1 aliphatic rings. The van der Waals surface area contributed by atoms with Gasteiger partial charge in [0.2, 0.25) is 5.91 Å². The van der Waals surface area contributed by atoms with Gasteiger partial charge in [-0.05, 0) is 40.8 Å². The highest BCUT2D eigenvalue weighted by molar-refractivity contribution is 6.33. The van der Waals surface area contributed by atoms with Crippen LogP contribution in [0.15, 0.2) is 66.9 Å². The Kier molecular flexibility index (Phi) is 7.86. The first-order chi connectivity index (χ1) is 17.2. The number of nitrogens with zero attached hydrogens (tertiary/aromatic N) is 3. The van der Waals surface area contributed by atoms with Gasteiger partial charge >= 0.3 is 0 Å². The molecule has 7 heteroatoms. The van der Waals surface area contributed by atoms with Crippen LogP contribution < -0.4 is 0 Å². The average molecular weight is 508 g/mol. The maximum absolute atomic E-state index is 13.8. The molecule has 3 aromatic rings. The molecule has 190 valence electrons. The fourth-order valence-electron chi connectivity index (χ4n) is 4.68. The van der Waals surface area contributed by atoms with Gasteiger partial charge in [-0.15, -0.1) is 0 Å². The summed E-state index contributed by atoms with van der Waals surface area (Å²) in [6, 6.07) is 19.3. The van der Waals surface area contributed by atoms with E-state index in [4.69, 9.17) is 16.3 Å². The second-order valence-electron chi connectivity index (χ2n) is 10.2. The van der Waals surface area contributed by atoms with Crippen LogP contribution in [0.2, 0.25) is 5.02 Å². The van der Waals surface area contributed by atoms with Crippen LogP contribution in [0.4, 0.5) is 0 Å². The Morgan fingerprint density at radius 3 is 2.42 bits per heavy atom. The molecule has 0 N–H and O–H groups in total. The molecule has 2 heterocycles. The SMILES string of the molecule is COCCN(CC(=O)N1CCn2cccc2[C@@H]1c1ccc(C(C)(C)C)cc1)C(=O)c1ccccc1Cl. The van der Waals surface area contributed by atoms with E-state index in [1.54, 1.807) is 31.4 Å². The second-order valence-corrected chi connectivity index (χ2v) is 10.6. The van der Waals surface area contributed by atoms with Crippen molar-refractivity contribution in [1.82, 2.24) is 14.4 Å². The number of amides is 2. The van der Waals surface area contributed by atoms with Crippen LogP contribution in [0, 0.1) is 0 Å². The number of carbonyl (C=O) groups excluding carboxylic acids is 2. The minimum absolute atomic E-state index is 0.0434. The van der Waals surface area contributed by atoms with E-state index in [2.05, 4.69) is 61.9 Å². The van der Waals surface area contributed by atoms with Gasteiger partial charge in [-0.25, -0.2) is 0 Å². The summed E-state index contributed by atoms with van der Waals surface area (Å²) in [5, 5.41) is 0.366. The summed E-state index contributed by atoms with van der Waals surface area (Å²) in [4.78, 5) is 30.5. The van der Waals surface area contributed by atoms with Crippen LogP contribution >= 0.6 is 11.6 Å². The third-order valence-electron chi connectivity index (χ3n) is 6.73. The molecule has 0 saturated carbocycles. The fraction of sp³-hybridized carbons (Fsp3) is 0.379. The molecule has 0 bridgehead atoms. The van der Waals surface area contributed by atoms with Crippen molar-refractivity contribution in [2.45, 2.75) is 38.8 Å². The summed E-state index contributed by atoms with van der Waals surface area (Å²) >= 11 is 6.30. The van der Waals surface area contributed by atoms with Crippen molar-refractivity contribution < 1.29 is 14.3 Å². The lowest BCUT2D eigenvalue weighted by molar-refractivity contribution is -0.134. The monoisotopic (exact) mass is 507 g/mol. The first-order valence-electron chi connectivity index (χ1n) is 12.3. The number of benzene rings is 2. The van der Waals surface area contributed by atoms with Gasteiger partial charge in [0, 0.05) is 38.6 Å². The lowest BCUT2D eigenvalue weighted by Gasteiger charge is -2.38. The maximum Gasteiger partial charge on any atom is 0.255 e. The van der Waals surface area contributed by atoms with Crippen LogP contribution in [0.25, 0.3) is 0 Å². The number of fused-ring (bicyclic) bond motifs is 1. The summed E-state index contributed by atoms with van der Waals surface area (Å²) < 4.78 is 7.42. The van der Waals surface area contributed by atoms with Crippen molar-refractivity contribution in [2.75, 3.05) is 33.4 Å². The topological polar surface area (TPSA) is 54.8 Å². The summed E-state index contributed by atoms with van der Waals surface area (Å²) in [6.07, 6.45) is 2.06. The van der Waals surface area contributed by atoms with E-state index in [1.165, 1.54) is 10.5 Å². The molecule has 0 saturated heterocycles. The third-order valence-corrected chi connectivity index (χ3v) is 7.06. The van der Waals surface area contributed by atoms with E-state index in [9.17, 15) is 9.59 Å². The van der Waals surface area contributed by atoms with E-state index in [0.717, 1.165) is 11.3 Å². The molecule has 2 aromatic carbocycles. The van der Waals surface area contributed by atoms with Gasteiger partial charge in [0.1, 0.15) is 6.54 Å². The van der Waals surface area contributed by atoms with E-state index >= 15 is 0 Å². The minimum Gasteiger partial charge on any atom is -0.383 e. The Labute approximate surface area is 218 Å². The van der Waals surface area contributed by atoms with Gasteiger partial charge < -0.3 is 19.1 Å². The summed E-state index contributed by atoms with van der Waals surface area (Å²) in [5.74, 6) is -0.388. The van der Waals surface area contributed by atoms with Crippen molar-refractivity contribution in [1.29, 1.82) is 0 Å². The van der Waals surface area contributed by atoms with Crippen LogP contribution in [0.3, 0.4) is 0 Å². The summed E-state index contributed by atoms with van der Waals surface area (Å²) in [7, 11) is 1.58. The molecule has 6 nitrogen and oxygen atoms in total. The highest BCUT2D eigenvalue weighted by atomic mass is 35.5. The van der Waals surface area contributed by atoms with Gasteiger partial charge in [-0.3, -0.25) is 9.59 Å². The van der Waals surface area contributed by atoms with E-state index in [0.29, 0.717) is 36.8 Å². The standard InChI is InChI=1S/C29H34ClN3O3/c1-29(2,3)22-13-11-21(12-14-22)27-25-10-7-15-31(25)16-17-33(27)26(34)20-32(18-19-36-4)28(35)23-8-5-6-9-24(23)30/h5-15,27H,16-20H2,1-4H3/t27-/m0/s1. The van der Waals surface area contributed by atoms with E-state index < -0.39 is 0 Å². The predicted molar refractivity (Wildman–Crippen MR) is 142 cm³/mol. The predicted octanol–water partition coefficient (Wildman–Crippen LogP) is 5.16. The zero-order valence-corrected chi connectivity index (χ0v) is 22.2. The lowest BCUT2D eigenvalue weighted by atomic mass is 9.86. The Morgan fingerprint density at radius 1 is 1.03 bits per heavy atom. The Bertz CT molecular complexity index is 1210. The van der Waals surface area contributed by atoms with Gasteiger partial charge in [-0.1, -0.05) is 68.8 Å². The molecule has 1 atom stereocenters. The van der Waals surface area contributed by atoms with E-state index in [-0.39, 0.29) is 29.8 Å². The highest BCUT2D eigenvalue weighted by Gasteiger charge is 2.34. The molecule has 1 aromatic heterocycles. The third kappa shape index (κ3) is 5.50. The van der Waals surface area contributed by atoms with Crippen LogP contribution in [0.5, 0.6) is 0 Å². The number of rotatable bonds is 7. The molecule has 0 aliphatic carbocycles. The van der Waals surface area contributed by atoms with Crippen molar-refractivity contribution >= 4 is 23.4 Å². The van der Waals surface area contributed by atoms with Crippen molar-refractivity contribution in [3.8, 4) is 0 Å². The van der Waals surface area contributed by atoms with Gasteiger partial charge in [0.05, 0.1) is 23.2 Å². The van der Waals surface area contributed by atoms with Crippen LogP contribution in [-0.2, 0) is 21.5 Å². The Hall–Kier alpha value is -3.09. The van der Waals surface area contributed by atoms with Crippen LogP contribution in [-0.4, -0.2) is 59.5 Å². The smallest absolute Gasteiger partial charge is 0.255 e. The number of hydrogen-bond donors (Lipinski definition) is 0. The highest BCUT2D eigenvalue weighted by Crippen LogP contribution is 2.34. The number of carbonyl (C=O) groups is 2. The quantitative estimate of drug-likeness (QED) is 0.444. The Balaban J connectivity index is 1.63. The average Bonchev–Trinajstić information content (AvgIpc) is 3.34. The first kappa shape index (κ1) is 26.0. The lowest BCUT2D eigenvalue weighted by Crippen LogP contribution is -2.48. The molecule has 36 heavy (non-hydrogen) atoms. The molecule has 4 rings (SSSR count). The largest absolute Gasteiger partial charge is 0.383 e.